The summed E-state index contributed by atoms with van der Waals surface area (Å²) in [5.41, 5.74) is 1.03. The molecule has 24 heavy (non-hydrogen) atoms. The lowest BCUT2D eigenvalue weighted by atomic mass is 10.1. The van der Waals surface area contributed by atoms with Crippen molar-refractivity contribution in [3.8, 4) is 0 Å². The summed E-state index contributed by atoms with van der Waals surface area (Å²) in [6.07, 6.45) is 3.70. The number of hydrogen-bond acceptors (Lipinski definition) is 5. The number of aromatic nitrogens is 2. The van der Waals surface area contributed by atoms with Crippen LogP contribution >= 0.6 is 11.3 Å². The molecule has 0 N–H and O–H groups in total. The number of fused-ring (bicyclic) bond motifs is 1. The molecule has 0 unspecified atom stereocenters. The predicted molar refractivity (Wildman–Crippen MR) is 100 cm³/mol. The molecule has 1 fully saturated rings. The zero-order valence-electron chi connectivity index (χ0n) is 15.1. The van der Waals surface area contributed by atoms with Crippen LogP contribution in [-0.4, -0.2) is 47.0 Å². The van der Waals surface area contributed by atoms with E-state index in [2.05, 4.69) is 9.88 Å². The molecule has 0 aromatic carbocycles. The van der Waals surface area contributed by atoms with Crippen LogP contribution in [0.15, 0.2) is 0 Å². The molecule has 3 rings (SSSR count). The van der Waals surface area contributed by atoms with Gasteiger partial charge in [0.1, 0.15) is 16.5 Å². The van der Waals surface area contributed by atoms with E-state index in [1.54, 1.807) is 0 Å². The minimum atomic E-state index is 0.114. The molecule has 130 valence electrons. The van der Waals surface area contributed by atoms with Crippen molar-refractivity contribution in [1.29, 1.82) is 0 Å². The van der Waals surface area contributed by atoms with Crippen LogP contribution in [0.5, 0.6) is 0 Å². The Balaban J connectivity index is 2.12. The number of carbonyl (C=O) groups excluding carboxylic acids is 1. The molecule has 2 aromatic heterocycles. The zero-order chi connectivity index (χ0) is 17.3. The lowest BCUT2D eigenvalue weighted by Crippen LogP contribution is -2.31. The van der Waals surface area contributed by atoms with Gasteiger partial charge in [-0.25, -0.2) is 9.97 Å². The van der Waals surface area contributed by atoms with Crippen LogP contribution in [0.2, 0.25) is 0 Å². The lowest BCUT2D eigenvalue weighted by molar-refractivity contribution is 0.0777. The van der Waals surface area contributed by atoms with E-state index in [-0.39, 0.29) is 5.91 Å². The minimum Gasteiger partial charge on any atom is -0.356 e. The van der Waals surface area contributed by atoms with E-state index in [0.717, 1.165) is 58.5 Å². The Hall–Kier alpha value is -1.69. The molecule has 5 nitrogen and oxygen atoms in total. The average molecular weight is 347 g/mol. The second-order valence-electron chi connectivity index (χ2n) is 6.36. The SMILES string of the molecule is CCN(CC)C(=O)c1sc2nc(C)nc(N3CCCCC3)c2c1C. The van der Waals surface area contributed by atoms with Crippen LogP contribution in [0.1, 0.15) is 54.2 Å². The molecule has 0 atom stereocenters. The van der Waals surface area contributed by atoms with Gasteiger partial charge in [-0.1, -0.05) is 0 Å². The average Bonchev–Trinajstić information content (AvgIpc) is 2.92. The maximum Gasteiger partial charge on any atom is 0.264 e. The van der Waals surface area contributed by atoms with Gasteiger partial charge in [-0.15, -0.1) is 11.3 Å². The fourth-order valence-corrected chi connectivity index (χ4v) is 4.60. The molecule has 1 aliphatic heterocycles. The number of anilines is 1. The summed E-state index contributed by atoms with van der Waals surface area (Å²) in [6, 6.07) is 0. The molecular formula is C18H26N4OS. The molecule has 0 aliphatic carbocycles. The van der Waals surface area contributed by atoms with E-state index < -0.39 is 0 Å². The van der Waals surface area contributed by atoms with Gasteiger partial charge in [-0.2, -0.15) is 0 Å². The van der Waals surface area contributed by atoms with Gasteiger partial charge in [0, 0.05) is 26.2 Å². The van der Waals surface area contributed by atoms with E-state index >= 15 is 0 Å². The quantitative estimate of drug-likeness (QED) is 0.845. The Morgan fingerprint density at radius 1 is 1.12 bits per heavy atom. The number of aryl methyl sites for hydroxylation is 2. The number of piperidine rings is 1. The molecule has 1 amide bonds. The topological polar surface area (TPSA) is 49.3 Å². The summed E-state index contributed by atoms with van der Waals surface area (Å²) in [5, 5.41) is 1.07. The highest BCUT2D eigenvalue weighted by Gasteiger charge is 2.25. The molecule has 3 heterocycles. The number of rotatable bonds is 4. The van der Waals surface area contributed by atoms with E-state index in [4.69, 9.17) is 4.98 Å². The fourth-order valence-electron chi connectivity index (χ4n) is 3.41. The van der Waals surface area contributed by atoms with Crippen molar-refractivity contribution in [2.75, 3.05) is 31.1 Å². The van der Waals surface area contributed by atoms with Gasteiger partial charge in [0.05, 0.1) is 10.3 Å². The highest BCUT2D eigenvalue weighted by atomic mass is 32.1. The van der Waals surface area contributed by atoms with Gasteiger partial charge in [0.25, 0.3) is 5.91 Å². The van der Waals surface area contributed by atoms with Crippen molar-refractivity contribution in [2.45, 2.75) is 47.0 Å². The van der Waals surface area contributed by atoms with Crippen LogP contribution < -0.4 is 4.90 Å². The highest BCUT2D eigenvalue weighted by Crippen LogP contribution is 2.36. The van der Waals surface area contributed by atoms with Gasteiger partial charge in [0.15, 0.2) is 0 Å². The maximum atomic E-state index is 12.8. The zero-order valence-corrected chi connectivity index (χ0v) is 15.9. The second-order valence-corrected chi connectivity index (χ2v) is 7.35. The number of hydrogen-bond donors (Lipinski definition) is 0. The van der Waals surface area contributed by atoms with Gasteiger partial charge in [0.2, 0.25) is 0 Å². The first-order valence-corrected chi connectivity index (χ1v) is 9.70. The van der Waals surface area contributed by atoms with Crippen LogP contribution in [0.25, 0.3) is 10.2 Å². The summed E-state index contributed by atoms with van der Waals surface area (Å²) in [5.74, 6) is 1.92. The van der Waals surface area contributed by atoms with Crippen molar-refractivity contribution >= 4 is 33.3 Å². The Morgan fingerprint density at radius 2 is 1.79 bits per heavy atom. The molecular weight excluding hydrogens is 320 g/mol. The third-order valence-corrected chi connectivity index (χ3v) is 5.96. The Kier molecular flexibility index (Phi) is 5.04. The Bertz CT molecular complexity index is 745. The highest BCUT2D eigenvalue weighted by molar-refractivity contribution is 7.20. The van der Waals surface area contributed by atoms with Crippen molar-refractivity contribution in [3.63, 3.8) is 0 Å². The first kappa shape index (κ1) is 17.1. The van der Waals surface area contributed by atoms with E-state index in [0.29, 0.717) is 0 Å². The third kappa shape index (κ3) is 2.99. The van der Waals surface area contributed by atoms with Crippen molar-refractivity contribution in [1.82, 2.24) is 14.9 Å². The van der Waals surface area contributed by atoms with Crippen LogP contribution in [-0.2, 0) is 0 Å². The summed E-state index contributed by atoms with van der Waals surface area (Å²) < 4.78 is 0. The summed E-state index contributed by atoms with van der Waals surface area (Å²) in [7, 11) is 0. The van der Waals surface area contributed by atoms with Crippen molar-refractivity contribution < 1.29 is 4.79 Å². The maximum absolute atomic E-state index is 12.8. The van der Waals surface area contributed by atoms with E-state index in [1.807, 2.05) is 32.6 Å². The normalized spacial score (nSPS) is 15.1. The summed E-state index contributed by atoms with van der Waals surface area (Å²) in [4.78, 5) is 28.2. The largest absolute Gasteiger partial charge is 0.356 e. The summed E-state index contributed by atoms with van der Waals surface area (Å²) >= 11 is 1.51. The molecule has 2 aromatic rings. The lowest BCUT2D eigenvalue weighted by Gasteiger charge is -2.28. The first-order chi connectivity index (χ1) is 11.6. The monoisotopic (exact) mass is 346 g/mol. The van der Waals surface area contributed by atoms with Gasteiger partial charge < -0.3 is 9.80 Å². The van der Waals surface area contributed by atoms with Crippen LogP contribution in [0.3, 0.4) is 0 Å². The molecule has 1 saturated heterocycles. The van der Waals surface area contributed by atoms with E-state index in [9.17, 15) is 4.79 Å². The van der Waals surface area contributed by atoms with Gasteiger partial charge in [-0.3, -0.25) is 4.79 Å². The second kappa shape index (κ2) is 7.05. The molecule has 1 aliphatic rings. The molecule has 0 radical (unpaired) electrons. The summed E-state index contributed by atoms with van der Waals surface area (Å²) in [6.45, 7) is 11.6. The number of thiophene rings is 1. The third-order valence-electron chi connectivity index (χ3n) is 4.78. The molecule has 0 saturated carbocycles. The number of amides is 1. The smallest absolute Gasteiger partial charge is 0.264 e. The van der Waals surface area contributed by atoms with Crippen LogP contribution in [0.4, 0.5) is 5.82 Å². The minimum absolute atomic E-state index is 0.114. The molecule has 0 spiro atoms. The molecule has 0 bridgehead atoms. The Labute approximate surface area is 147 Å². The predicted octanol–water partition coefficient (Wildman–Crippen LogP) is 3.78. The van der Waals surface area contributed by atoms with Crippen LogP contribution in [0, 0.1) is 13.8 Å². The number of carbonyl (C=O) groups is 1. The number of nitrogens with zero attached hydrogens (tertiary/aromatic N) is 4. The van der Waals surface area contributed by atoms with Crippen molar-refractivity contribution in [3.05, 3.63) is 16.3 Å². The van der Waals surface area contributed by atoms with Gasteiger partial charge in [-0.05, 0) is 52.5 Å². The standard InChI is InChI=1S/C18H26N4OS/c1-5-21(6-2)18(23)15-12(3)14-16(22-10-8-7-9-11-22)19-13(4)20-17(14)24-15/h5-11H2,1-4H3. The van der Waals surface area contributed by atoms with E-state index in [1.165, 1.54) is 30.6 Å². The van der Waals surface area contributed by atoms with Crippen molar-refractivity contribution in [2.24, 2.45) is 0 Å². The fraction of sp³-hybridized carbons (Fsp3) is 0.611. The Morgan fingerprint density at radius 3 is 2.42 bits per heavy atom. The van der Waals surface area contributed by atoms with Gasteiger partial charge >= 0.3 is 0 Å². The first-order valence-electron chi connectivity index (χ1n) is 8.88. The molecule has 6 heteroatoms.